The van der Waals surface area contributed by atoms with Crippen molar-refractivity contribution in [3.8, 4) is 5.75 Å². The van der Waals surface area contributed by atoms with E-state index in [0.29, 0.717) is 0 Å². The number of ether oxygens (including phenoxy) is 1. The van der Waals surface area contributed by atoms with Crippen LogP contribution < -0.4 is 0 Å². The molecule has 0 aliphatic rings. The number of benzene rings is 1. The molecule has 0 unspecified atom stereocenters. The molecule has 0 bridgehead atoms. The molecule has 0 aliphatic heterocycles. The molecule has 0 amide bonds. The lowest BCUT2D eigenvalue weighted by atomic mass is 10.0. The molecule has 0 aliphatic carbocycles. The molecular weight excluding hydrogens is 166 g/mol. The molecule has 3 heteroatoms. The van der Waals surface area contributed by atoms with Gasteiger partial charge >= 0.3 is 0 Å². The van der Waals surface area contributed by atoms with E-state index >= 15 is 0 Å². The number of aromatic hydroxyl groups is 1. The minimum atomic E-state index is 0.126. The third kappa shape index (κ3) is 1.80. The van der Waals surface area contributed by atoms with Gasteiger partial charge in [-0.25, -0.2) is 0 Å². The fraction of sp³-hybridized carbons (Fsp3) is 0.300. The molecule has 0 heterocycles. The van der Waals surface area contributed by atoms with Crippen LogP contribution in [0, 0.1) is 19.3 Å². The molecule has 2 N–H and O–H groups in total. The molecule has 0 saturated heterocycles. The molecule has 1 rings (SSSR count). The van der Waals surface area contributed by atoms with Gasteiger partial charge in [0.05, 0.1) is 7.11 Å². The first-order chi connectivity index (χ1) is 6.06. The topological polar surface area (TPSA) is 53.3 Å². The fourth-order valence-electron chi connectivity index (χ4n) is 1.16. The van der Waals surface area contributed by atoms with Crippen LogP contribution in [0.1, 0.15) is 16.7 Å². The summed E-state index contributed by atoms with van der Waals surface area (Å²) in [6.45, 7) is 3.63. The van der Waals surface area contributed by atoms with E-state index < -0.39 is 0 Å². The number of methoxy groups -OCH3 is 1. The summed E-state index contributed by atoms with van der Waals surface area (Å²) in [6.07, 6.45) is 0. The van der Waals surface area contributed by atoms with Crippen LogP contribution in [0.15, 0.2) is 12.1 Å². The molecule has 0 saturated carbocycles. The second kappa shape index (κ2) is 3.47. The molecule has 13 heavy (non-hydrogen) atoms. The number of rotatable bonds is 1. The number of aryl methyl sites for hydroxylation is 2. The van der Waals surface area contributed by atoms with Gasteiger partial charge in [-0.2, -0.15) is 0 Å². The van der Waals surface area contributed by atoms with Gasteiger partial charge < -0.3 is 9.84 Å². The van der Waals surface area contributed by atoms with Crippen molar-refractivity contribution in [2.24, 2.45) is 0 Å². The van der Waals surface area contributed by atoms with Crippen molar-refractivity contribution in [1.29, 1.82) is 5.41 Å². The molecule has 0 aromatic heterocycles. The van der Waals surface area contributed by atoms with Crippen molar-refractivity contribution in [3.63, 3.8) is 0 Å². The van der Waals surface area contributed by atoms with E-state index in [2.05, 4.69) is 0 Å². The zero-order valence-corrected chi connectivity index (χ0v) is 8.01. The van der Waals surface area contributed by atoms with Crippen LogP contribution in [0.2, 0.25) is 0 Å². The predicted octanol–water partition coefficient (Wildman–Crippen LogP) is 1.98. The van der Waals surface area contributed by atoms with Crippen LogP contribution in [0.3, 0.4) is 0 Å². The van der Waals surface area contributed by atoms with Crippen molar-refractivity contribution >= 4 is 5.90 Å². The molecule has 1 aromatic rings. The minimum absolute atomic E-state index is 0.126. The lowest BCUT2D eigenvalue weighted by molar-refractivity contribution is 0.400. The van der Waals surface area contributed by atoms with E-state index in [4.69, 9.17) is 10.1 Å². The molecule has 3 nitrogen and oxygen atoms in total. The van der Waals surface area contributed by atoms with E-state index in [1.807, 2.05) is 6.92 Å². The maximum absolute atomic E-state index is 9.37. The van der Waals surface area contributed by atoms with E-state index in [1.165, 1.54) is 7.11 Å². The predicted molar refractivity (Wildman–Crippen MR) is 51.4 cm³/mol. The summed E-state index contributed by atoms with van der Waals surface area (Å²) in [4.78, 5) is 0. The van der Waals surface area contributed by atoms with Crippen LogP contribution in [0.25, 0.3) is 0 Å². The molecule has 0 radical (unpaired) electrons. The van der Waals surface area contributed by atoms with Crippen molar-refractivity contribution in [2.45, 2.75) is 13.8 Å². The standard InChI is InChI=1S/C10H13NO2/c1-6-5-9(12)7(2)4-8(6)10(11)13-3/h4-5,11-12H,1-3H3. The number of phenols is 1. The number of hydrogen-bond acceptors (Lipinski definition) is 3. The third-order valence-electron chi connectivity index (χ3n) is 1.99. The molecule has 0 fully saturated rings. The summed E-state index contributed by atoms with van der Waals surface area (Å²) in [5, 5.41) is 16.9. The molecule has 70 valence electrons. The van der Waals surface area contributed by atoms with Crippen LogP contribution in [0.5, 0.6) is 5.75 Å². The Morgan fingerprint density at radius 1 is 1.31 bits per heavy atom. The second-order valence-corrected chi connectivity index (χ2v) is 2.99. The molecule has 0 atom stereocenters. The highest BCUT2D eigenvalue weighted by Gasteiger charge is 2.07. The Morgan fingerprint density at radius 3 is 2.46 bits per heavy atom. The second-order valence-electron chi connectivity index (χ2n) is 2.99. The van der Waals surface area contributed by atoms with Crippen molar-refractivity contribution in [1.82, 2.24) is 0 Å². The van der Waals surface area contributed by atoms with Gasteiger partial charge in [0, 0.05) is 5.56 Å². The smallest absolute Gasteiger partial charge is 0.213 e. The van der Waals surface area contributed by atoms with Gasteiger partial charge in [-0.15, -0.1) is 0 Å². The van der Waals surface area contributed by atoms with Gasteiger partial charge in [0.25, 0.3) is 0 Å². The summed E-state index contributed by atoms with van der Waals surface area (Å²) in [7, 11) is 1.46. The monoisotopic (exact) mass is 179 g/mol. The summed E-state index contributed by atoms with van der Waals surface area (Å²) >= 11 is 0. The van der Waals surface area contributed by atoms with Crippen molar-refractivity contribution < 1.29 is 9.84 Å². The van der Waals surface area contributed by atoms with Gasteiger partial charge in [-0.3, -0.25) is 5.41 Å². The van der Waals surface area contributed by atoms with Gasteiger partial charge in [0.15, 0.2) is 0 Å². The zero-order valence-electron chi connectivity index (χ0n) is 8.01. The Balaban J connectivity index is 3.23. The first-order valence-corrected chi connectivity index (χ1v) is 3.99. The maximum atomic E-state index is 9.37. The van der Waals surface area contributed by atoms with Crippen molar-refractivity contribution in [2.75, 3.05) is 7.11 Å². The summed E-state index contributed by atoms with van der Waals surface area (Å²) in [5.41, 5.74) is 2.31. The maximum Gasteiger partial charge on any atom is 0.213 e. The normalized spacial score (nSPS) is 9.77. The Labute approximate surface area is 77.5 Å². The van der Waals surface area contributed by atoms with E-state index in [-0.39, 0.29) is 11.6 Å². The van der Waals surface area contributed by atoms with Gasteiger partial charge in [0.2, 0.25) is 5.90 Å². The Kier molecular flexibility index (Phi) is 2.56. The molecule has 1 aromatic carbocycles. The van der Waals surface area contributed by atoms with Crippen molar-refractivity contribution in [3.05, 3.63) is 28.8 Å². The Bertz CT molecular complexity index is 345. The number of phenolic OH excluding ortho intramolecular Hbond substituents is 1. The minimum Gasteiger partial charge on any atom is -0.508 e. The highest BCUT2D eigenvalue weighted by molar-refractivity contribution is 5.93. The van der Waals surface area contributed by atoms with Gasteiger partial charge in [-0.1, -0.05) is 0 Å². The molecule has 0 spiro atoms. The van der Waals surface area contributed by atoms with E-state index in [0.717, 1.165) is 16.7 Å². The fourth-order valence-corrected chi connectivity index (χ4v) is 1.16. The average Bonchev–Trinajstić information content (AvgIpc) is 2.10. The number of nitrogens with one attached hydrogen (secondary N) is 1. The quantitative estimate of drug-likeness (QED) is 0.511. The molecular formula is C10H13NO2. The first-order valence-electron chi connectivity index (χ1n) is 3.99. The Hall–Kier alpha value is -1.51. The largest absolute Gasteiger partial charge is 0.508 e. The first kappa shape index (κ1) is 9.58. The number of hydrogen-bond donors (Lipinski definition) is 2. The van der Waals surface area contributed by atoms with E-state index in [1.54, 1.807) is 19.1 Å². The summed E-state index contributed by atoms with van der Waals surface area (Å²) in [6, 6.07) is 3.38. The highest BCUT2D eigenvalue weighted by atomic mass is 16.5. The van der Waals surface area contributed by atoms with Crippen LogP contribution in [-0.2, 0) is 4.74 Å². The lowest BCUT2D eigenvalue weighted by Crippen LogP contribution is -2.04. The van der Waals surface area contributed by atoms with Crippen LogP contribution >= 0.6 is 0 Å². The highest BCUT2D eigenvalue weighted by Crippen LogP contribution is 2.21. The third-order valence-corrected chi connectivity index (χ3v) is 1.99. The Morgan fingerprint density at radius 2 is 1.92 bits per heavy atom. The summed E-state index contributed by atoms with van der Waals surface area (Å²) < 4.78 is 4.81. The van der Waals surface area contributed by atoms with E-state index in [9.17, 15) is 5.11 Å². The van der Waals surface area contributed by atoms with Gasteiger partial charge in [0.1, 0.15) is 5.75 Å². The SMILES string of the molecule is COC(=N)c1cc(C)c(O)cc1C. The average molecular weight is 179 g/mol. The lowest BCUT2D eigenvalue weighted by Gasteiger charge is -2.08. The van der Waals surface area contributed by atoms with Crippen LogP contribution in [0.4, 0.5) is 0 Å². The van der Waals surface area contributed by atoms with Crippen LogP contribution in [-0.4, -0.2) is 18.1 Å². The van der Waals surface area contributed by atoms with Gasteiger partial charge in [-0.05, 0) is 37.1 Å². The zero-order chi connectivity index (χ0) is 10.0. The summed E-state index contributed by atoms with van der Waals surface area (Å²) in [5.74, 6) is 0.380.